The molecule has 0 aliphatic carbocycles. The third-order valence-electron chi connectivity index (χ3n) is 3.20. The molecule has 0 saturated carbocycles. The van der Waals surface area contributed by atoms with Crippen LogP contribution in [0.15, 0.2) is 24.3 Å². The van der Waals surface area contributed by atoms with Gasteiger partial charge in [0, 0.05) is 38.6 Å². The van der Waals surface area contributed by atoms with E-state index in [-0.39, 0.29) is 6.03 Å². The Morgan fingerprint density at radius 2 is 1.70 bits per heavy atom. The van der Waals surface area contributed by atoms with Crippen molar-refractivity contribution in [2.75, 3.05) is 37.4 Å². The smallest absolute Gasteiger partial charge is 0.321 e. The first-order valence-corrected chi connectivity index (χ1v) is 7.41. The molecule has 0 aromatic heterocycles. The van der Waals surface area contributed by atoms with Crippen LogP contribution < -0.4 is 10.2 Å². The van der Waals surface area contributed by atoms with Gasteiger partial charge in [-0.25, -0.2) is 4.79 Å². The Kier molecular flexibility index (Phi) is 6.91. The number of benzene rings is 1. The lowest BCUT2D eigenvalue weighted by molar-refractivity contribution is 0.211. The van der Waals surface area contributed by atoms with Crippen LogP contribution in [0.4, 0.5) is 16.2 Å². The van der Waals surface area contributed by atoms with E-state index in [1.807, 2.05) is 48.2 Å². The molecule has 112 valence electrons. The van der Waals surface area contributed by atoms with Crippen molar-refractivity contribution in [2.45, 2.75) is 33.1 Å². The molecule has 0 heterocycles. The van der Waals surface area contributed by atoms with Crippen molar-refractivity contribution >= 4 is 17.4 Å². The first kappa shape index (κ1) is 16.3. The van der Waals surface area contributed by atoms with Crippen molar-refractivity contribution in [3.05, 3.63) is 24.3 Å². The van der Waals surface area contributed by atoms with Crippen LogP contribution in [-0.2, 0) is 0 Å². The maximum atomic E-state index is 12.2. The number of nitrogens with zero attached hydrogens (tertiary/aromatic N) is 2. The summed E-state index contributed by atoms with van der Waals surface area (Å²) >= 11 is 0. The van der Waals surface area contributed by atoms with E-state index in [0.29, 0.717) is 0 Å². The van der Waals surface area contributed by atoms with E-state index in [2.05, 4.69) is 19.2 Å². The number of urea groups is 1. The fourth-order valence-electron chi connectivity index (χ4n) is 1.98. The van der Waals surface area contributed by atoms with Crippen LogP contribution in [0, 0.1) is 0 Å². The molecule has 1 aromatic rings. The lowest BCUT2D eigenvalue weighted by atomic mass is 10.2. The number of carbonyl (C=O) groups excluding carboxylic acids is 1. The second-order valence-corrected chi connectivity index (χ2v) is 5.21. The van der Waals surface area contributed by atoms with Gasteiger partial charge in [-0.1, -0.05) is 20.3 Å². The molecule has 4 heteroatoms. The van der Waals surface area contributed by atoms with E-state index in [4.69, 9.17) is 0 Å². The Bertz CT molecular complexity index is 401. The lowest BCUT2D eigenvalue weighted by Gasteiger charge is -2.22. The summed E-state index contributed by atoms with van der Waals surface area (Å²) in [5.41, 5.74) is 1.97. The van der Waals surface area contributed by atoms with Gasteiger partial charge in [0.15, 0.2) is 0 Å². The highest BCUT2D eigenvalue weighted by Gasteiger charge is 2.11. The van der Waals surface area contributed by atoms with Gasteiger partial charge in [-0.15, -0.1) is 0 Å². The van der Waals surface area contributed by atoms with Gasteiger partial charge in [-0.05, 0) is 37.1 Å². The summed E-state index contributed by atoms with van der Waals surface area (Å²) in [5, 5.41) is 2.97. The normalized spacial score (nSPS) is 10.2. The van der Waals surface area contributed by atoms with Crippen LogP contribution in [-0.4, -0.2) is 38.1 Å². The zero-order valence-corrected chi connectivity index (χ0v) is 13.1. The van der Waals surface area contributed by atoms with E-state index in [1.165, 1.54) is 0 Å². The zero-order chi connectivity index (χ0) is 15.0. The molecule has 0 saturated heterocycles. The molecule has 0 radical (unpaired) electrons. The fraction of sp³-hybridized carbons (Fsp3) is 0.562. The maximum Gasteiger partial charge on any atom is 0.321 e. The third-order valence-corrected chi connectivity index (χ3v) is 3.20. The summed E-state index contributed by atoms with van der Waals surface area (Å²) in [7, 11) is 4.00. The van der Waals surface area contributed by atoms with Gasteiger partial charge in [-0.3, -0.25) is 0 Å². The quantitative estimate of drug-likeness (QED) is 0.823. The summed E-state index contributed by atoms with van der Waals surface area (Å²) < 4.78 is 0. The van der Waals surface area contributed by atoms with Crippen molar-refractivity contribution in [1.29, 1.82) is 0 Å². The summed E-state index contributed by atoms with van der Waals surface area (Å²) in [4.78, 5) is 16.2. The number of hydrogen-bond donors (Lipinski definition) is 1. The zero-order valence-electron chi connectivity index (χ0n) is 13.1. The summed E-state index contributed by atoms with van der Waals surface area (Å²) in [6.45, 7) is 5.87. The number of amides is 2. The van der Waals surface area contributed by atoms with Crippen molar-refractivity contribution in [1.82, 2.24) is 4.90 Å². The van der Waals surface area contributed by atoms with Crippen LogP contribution >= 0.6 is 0 Å². The SMILES string of the molecule is CCCCN(CCC)C(=O)Nc1ccc(N(C)C)cc1. The lowest BCUT2D eigenvalue weighted by Crippen LogP contribution is -2.36. The summed E-state index contributed by atoms with van der Waals surface area (Å²) in [6, 6.07) is 7.89. The van der Waals surface area contributed by atoms with Crippen LogP contribution in [0.3, 0.4) is 0 Å². The highest BCUT2D eigenvalue weighted by atomic mass is 16.2. The molecule has 2 amide bonds. The highest BCUT2D eigenvalue weighted by Crippen LogP contribution is 2.16. The molecule has 0 spiro atoms. The average molecular weight is 277 g/mol. The standard InChI is InChI=1S/C16H27N3O/c1-5-7-13-19(12-6-2)16(20)17-14-8-10-15(11-9-14)18(3)4/h8-11H,5-7,12-13H2,1-4H3,(H,17,20). The Hall–Kier alpha value is -1.71. The molecule has 1 aromatic carbocycles. The van der Waals surface area contributed by atoms with E-state index in [1.54, 1.807) is 0 Å². The minimum Gasteiger partial charge on any atom is -0.378 e. The van der Waals surface area contributed by atoms with E-state index >= 15 is 0 Å². The monoisotopic (exact) mass is 277 g/mol. The van der Waals surface area contributed by atoms with E-state index < -0.39 is 0 Å². The topological polar surface area (TPSA) is 35.6 Å². The highest BCUT2D eigenvalue weighted by molar-refractivity contribution is 5.89. The van der Waals surface area contributed by atoms with Crippen LogP contribution in [0.2, 0.25) is 0 Å². The Morgan fingerprint density at radius 3 is 2.20 bits per heavy atom. The van der Waals surface area contributed by atoms with Crippen molar-refractivity contribution in [3.8, 4) is 0 Å². The molecule has 0 bridgehead atoms. The van der Waals surface area contributed by atoms with Gasteiger partial charge >= 0.3 is 6.03 Å². The number of unbranched alkanes of at least 4 members (excludes halogenated alkanes) is 1. The van der Waals surface area contributed by atoms with Crippen molar-refractivity contribution in [3.63, 3.8) is 0 Å². The van der Waals surface area contributed by atoms with Gasteiger partial charge < -0.3 is 15.1 Å². The Balaban J connectivity index is 2.62. The fourth-order valence-corrected chi connectivity index (χ4v) is 1.98. The van der Waals surface area contributed by atoms with Gasteiger partial charge in [-0.2, -0.15) is 0 Å². The maximum absolute atomic E-state index is 12.2. The number of nitrogens with one attached hydrogen (secondary N) is 1. The number of carbonyl (C=O) groups is 1. The molecule has 0 aliphatic heterocycles. The van der Waals surface area contributed by atoms with Gasteiger partial charge in [0.25, 0.3) is 0 Å². The molecule has 0 fully saturated rings. The van der Waals surface area contributed by atoms with Gasteiger partial charge in [0.1, 0.15) is 0 Å². The molecule has 4 nitrogen and oxygen atoms in total. The second kappa shape index (κ2) is 8.46. The van der Waals surface area contributed by atoms with E-state index in [0.717, 1.165) is 43.7 Å². The molecule has 1 rings (SSSR count). The minimum absolute atomic E-state index is 0.00194. The number of anilines is 2. The first-order valence-electron chi connectivity index (χ1n) is 7.41. The predicted octanol–water partition coefficient (Wildman–Crippen LogP) is 3.80. The second-order valence-electron chi connectivity index (χ2n) is 5.21. The largest absolute Gasteiger partial charge is 0.378 e. The van der Waals surface area contributed by atoms with Gasteiger partial charge in [0.05, 0.1) is 0 Å². The first-order chi connectivity index (χ1) is 9.58. The Morgan fingerprint density at radius 1 is 1.05 bits per heavy atom. The Labute approximate surface area is 122 Å². The molecule has 0 aliphatic rings. The average Bonchev–Trinajstić information content (AvgIpc) is 2.43. The van der Waals surface area contributed by atoms with Crippen LogP contribution in [0.25, 0.3) is 0 Å². The van der Waals surface area contributed by atoms with Crippen LogP contribution in [0.5, 0.6) is 0 Å². The molecule has 1 N–H and O–H groups in total. The molecule has 20 heavy (non-hydrogen) atoms. The predicted molar refractivity (Wildman–Crippen MR) is 86.6 cm³/mol. The van der Waals surface area contributed by atoms with Crippen LogP contribution in [0.1, 0.15) is 33.1 Å². The molecule has 0 unspecified atom stereocenters. The molecule has 0 atom stereocenters. The molecular weight excluding hydrogens is 250 g/mol. The van der Waals surface area contributed by atoms with Crippen molar-refractivity contribution in [2.24, 2.45) is 0 Å². The summed E-state index contributed by atoms with van der Waals surface area (Å²) in [6.07, 6.45) is 3.13. The molecular formula is C16H27N3O. The minimum atomic E-state index is -0.00194. The number of rotatable bonds is 7. The van der Waals surface area contributed by atoms with Crippen molar-refractivity contribution < 1.29 is 4.79 Å². The van der Waals surface area contributed by atoms with Gasteiger partial charge in [0.2, 0.25) is 0 Å². The summed E-state index contributed by atoms with van der Waals surface area (Å²) in [5.74, 6) is 0. The van der Waals surface area contributed by atoms with E-state index in [9.17, 15) is 4.79 Å². The third kappa shape index (κ3) is 5.11. The number of hydrogen-bond acceptors (Lipinski definition) is 2.